The Morgan fingerprint density at radius 2 is 1.64 bits per heavy atom. The number of rotatable bonds is 7. The highest BCUT2D eigenvalue weighted by molar-refractivity contribution is 5.29. The van der Waals surface area contributed by atoms with E-state index < -0.39 is 0 Å². The van der Waals surface area contributed by atoms with Crippen molar-refractivity contribution in [1.29, 1.82) is 0 Å². The van der Waals surface area contributed by atoms with E-state index in [0.29, 0.717) is 0 Å². The second-order valence-corrected chi connectivity index (χ2v) is 8.14. The smallest absolute Gasteiger partial charge is 0.119 e. The minimum Gasteiger partial charge on any atom is -0.494 e. The van der Waals surface area contributed by atoms with E-state index in [1.54, 1.807) is 0 Å². The Balaban J connectivity index is 1.37. The van der Waals surface area contributed by atoms with Crippen LogP contribution in [-0.2, 0) is 0 Å². The Kier molecular flexibility index (Phi) is 7.18. The summed E-state index contributed by atoms with van der Waals surface area (Å²) in [5.41, 5.74) is 1.50. The summed E-state index contributed by atoms with van der Waals surface area (Å²) < 4.78 is 5.95. The molecule has 1 aromatic carbocycles. The van der Waals surface area contributed by atoms with Crippen LogP contribution in [0.1, 0.15) is 62.8 Å². The lowest BCUT2D eigenvalue weighted by Gasteiger charge is -2.32. The van der Waals surface area contributed by atoms with E-state index in [1.165, 1.54) is 70.1 Å². The summed E-state index contributed by atoms with van der Waals surface area (Å²) in [6, 6.07) is 9.71. The molecule has 0 amide bonds. The van der Waals surface area contributed by atoms with Crippen molar-refractivity contribution in [3.63, 3.8) is 0 Å². The average Bonchev–Trinajstić information content (AvgIpc) is 2.67. The molecule has 1 heterocycles. The number of likely N-dealkylation sites (tertiary alicyclic amines) is 1. The summed E-state index contributed by atoms with van der Waals surface area (Å²) >= 11 is 0. The first-order chi connectivity index (χ1) is 12.2. The number of nitrogens with zero attached hydrogens (tertiary/aromatic N) is 2. The molecule has 0 atom stereocenters. The summed E-state index contributed by atoms with van der Waals surface area (Å²) in [5, 5.41) is 0. The van der Waals surface area contributed by atoms with Crippen molar-refractivity contribution in [3.8, 4) is 5.75 Å². The molecule has 1 aromatic rings. The first-order valence-corrected chi connectivity index (χ1v) is 10.3. The second kappa shape index (κ2) is 9.59. The third-order valence-electron chi connectivity index (χ3n) is 6.11. The fourth-order valence-corrected chi connectivity index (χ4v) is 4.42. The summed E-state index contributed by atoms with van der Waals surface area (Å²) in [6.07, 6.45) is 10.6. The molecule has 2 aliphatic rings. The predicted octanol–water partition coefficient (Wildman–Crippen LogP) is 4.53. The van der Waals surface area contributed by atoms with E-state index in [9.17, 15) is 0 Å². The maximum absolute atomic E-state index is 5.95. The van der Waals surface area contributed by atoms with Crippen LogP contribution in [-0.4, -0.2) is 56.2 Å². The lowest BCUT2D eigenvalue weighted by Crippen LogP contribution is -2.31. The maximum atomic E-state index is 5.95. The normalized spacial score (nSPS) is 25.2. The Labute approximate surface area is 154 Å². The standard InChI is InChI=1S/C22H36N2O/c1-23(2)21-11-7-19(8-12-21)20-9-13-22(14-10-20)25-18-6-17-24-15-4-3-5-16-24/h9-10,13-14,19,21H,3-8,11-12,15-18H2,1-2H3. The molecular weight excluding hydrogens is 308 g/mol. The van der Waals surface area contributed by atoms with Crippen molar-refractivity contribution < 1.29 is 4.74 Å². The van der Waals surface area contributed by atoms with Crippen molar-refractivity contribution in [2.24, 2.45) is 0 Å². The molecule has 0 N–H and O–H groups in total. The van der Waals surface area contributed by atoms with Crippen LogP contribution in [0.2, 0.25) is 0 Å². The Bertz CT molecular complexity index is 485. The molecule has 1 saturated heterocycles. The molecular formula is C22H36N2O. The van der Waals surface area contributed by atoms with E-state index in [4.69, 9.17) is 4.74 Å². The van der Waals surface area contributed by atoms with Gasteiger partial charge >= 0.3 is 0 Å². The van der Waals surface area contributed by atoms with E-state index in [-0.39, 0.29) is 0 Å². The zero-order valence-electron chi connectivity index (χ0n) is 16.3. The van der Waals surface area contributed by atoms with E-state index in [0.717, 1.165) is 30.7 Å². The monoisotopic (exact) mass is 344 g/mol. The SMILES string of the molecule is CN(C)C1CCC(c2ccc(OCCCN3CCCCC3)cc2)CC1. The largest absolute Gasteiger partial charge is 0.494 e. The zero-order valence-corrected chi connectivity index (χ0v) is 16.3. The Hall–Kier alpha value is -1.06. The molecule has 1 aliphatic heterocycles. The highest BCUT2D eigenvalue weighted by Crippen LogP contribution is 2.34. The summed E-state index contributed by atoms with van der Waals surface area (Å²) in [6.45, 7) is 4.59. The average molecular weight is 345 g/mol. The lowest BCUT2D eigenvalue weighted by atomic mass is 9.81. The molecule has 3 rings (SSSR count). The molecule has 0 unspecified atom stereocenters. The van der Waals surface area contributed by atoms with E-state index >= 15 is 0 Å². The van der Waals surface area contributed by atoms with Crippen LogP contribution in [0.3, 0.4) is 0 Å². The molecule has 1 aliphatic carbocycles. The summed E-state index contributed by atoms with van der Waals surface area (Å²) in [5.74, 6) is 1.77. The van der Waals surface area contributed by atoms with Gasteiger partial charge in [0.15, 0.2) is 0 Å². The molecule has 25 heavy (non-hydrogen) atoms. The third-order valence-corrected chi connectivity index (χ3v) is 6.11. The van der Waals surface area contributed by atoms with Gasteiger partial charge in [-0.15, -0.1) is 0 Å². The number of hydrogen-bond donors (Lipinski definition) is 0. The third kappa shape index (κ3) is 5.72. The van der Waals surface area contributed by atoms with Gasteiger partial charge in [0.25, 0.3) is 0 Å². The quantitative estimate of drug-likeness (QED) is 0.676. The fraction of sp³-hybridized carbons (Fsp3) is 0.727. The first kappa shape index (κ1) is 18.7. The highest BCUT2D eigenvalue weighted by Gasteiger charge is 2.23. The van der Waals surface area contributed by atoms with Gasteiger partial charge in [-0.05, 0) is 95.7 Å². The number of benzene rings is 1. The van der Waals surface area contributed by atoms with Crippen LogP contribution in [0.25, 0.3) is 0 Å². The van der Waals surface area contributed by atoms with Crippen LogP contribution in [0.4, 0.5) is 0 Å². The van der Waals surface area contributed by atoms with Crippen LogP contribution < -0.4 is 4.74 Å². The highest BCUT2D eigenvalue weighted by atomic mass is 16.5. The van der Waals surface area contributed by atoms with Gasteiger partial charge in [0, 0.05) is 12.6 Å². The lowest BCUT2D eigenvalue weighted by molar-refractivity contribution is 0.205. The topological polar surface area (TPSA) is 15.7 Å². The van der Waals surface area contributed by atoms with Crippen molar-refractivity contribution >= 4 is 0 Å². The van der Waals surface area contributed by atoms with Crippen LogP contribution in [0, 0.1) is 0 Å². The molecule has 0 aromatic heterocycles. The second-order valence-electron chi connectivity index (χ2n) is 8.14. The van der Waals surface area contributed by atoms with Gasteiger partial charge in [0.05, 0.1) is 6.61 Å². The van der Waals surface area contributed by atoms with Gasteiger partial charge in [0.1, 0.15) is 5.75 Å². The van der Waals surface area contributed by atoms with Crippen LogP contribution in [0.5, 0.6) is 5.75 Å². The minimum absolute atomic E-state index is 0.740. The molecule has 1 saturated carbocycles. The van der Waals surface area contributed by atoms with Gasteiger partial charge in [-0.1, -0.05) is 18.6 Å². The summed E-state index contributed by atoms with van der Waals surface area (Å²) in [4.78, 5) is 4.97. The van der Waals surface area contributed by atoms with Gasteiger partial charge < -0.3 is 14.5 Å². The molecule has 3 heteroatoms. The Morgan fingerprint density at radius 3 is 2.28 bits per heavy atom. The molecule has 0 bridgehead atoms. The molecule has 0 spiro atoms. The fourth-order valence-electron chi connectivity index (χ4n) is 4.42. The molecule has 2 fully saturated rings. The van der Waals surface area contributed by atoms with E-state index in [1.807, 2.05) is 0 Å². The van der Waals surface area contributed by atoms with Gasteiger partial charge in [-0.2, -0.15) is 0 Å². The first-order valence-electron chi connectivity index (χ1n) is 10.3. The van der Waals surface area contributed by atoms with Crippen LogP contribution >= 0.6 is 0 Å². The maximum Gasteiger partial charge on any atom is 0.119 e. The molecule has 0 radical (unpaired) electrons. The zero-order chi connectivity index (χ0) is 17.5. The van der Waals surface area contributed by atoms with Gasteiger partial charge in [0.2, 0.25) is 0 Å². The number of ether oxygens (including phenoxy) is 1. The van der Waals surface area contributed by atoms with Crippen LogP contribution in [0.15, 0.2) is 24.3 Å². The van der Waals surface area contributed by atoms with Crippen molar-refractivity contribution in [2.45, 2.75) is 63.3 Å². The minimum atomic E-state index is 0.740. The van der Waals surface area contributed by atoms with E-state index in [2.05, 4.69) is 48.2 Å². The molecule has 3 nitrogen and oxygen atoms in total. The van der Waals surface area contributed by atoms with Gasteiger partial charge in [-0.3, -0.25) is 0 Å². The Morgan fingerprint density at radius 1 is 0.960 bits per heavy atom. The molecule has 140 valence electrons. The summed E-state index contributed by atoms with van der Waals surface area (Å²) in [7, 11) is 4.42. The number of piperidine rings is 1. The van der Waals surface area contributed by atoms with Crippen molar-refractivity contribution in [2.75, 3.05) is 40.3 Å². The van der Waals surface area contributed by atoms with Crippen molar-refractivity contribution in [3.05, 3.63) is 29.8 Å². The number of hydrogen-bond acceptors (Lipinski definition) is 3. The predicted molar refractivity (Wildman–Crippen MR) is 106 cm³/mol. The van der Waals surface area contributed by atoms with Crippen molar-refractivity contribution in [1.82, 2.24) is 9.80 Å². The van der Waals surface area contributed by atoms with Gasteiger partial charge in [-0.25, -0.2) is 0 Å².